The maximum Gasteiger partial charge on any atom is 0.417 e. The molecule has 0 aliphatic carbocycles. The zero-order chi connectivity index (χ0) is 21.2. The summed E-state index contributed by atoms with van der Waals surface area (Å²) in [7, 11) is 0. The van der Waals surface area contributed by atoms with E-state index in [9.17, 15) is 18.3 Å². The second-order valence-corrected chi connectivity index (χ2v) is 7.11. The minimum Gasteiger partial charge on any atom is -0.396 e. The SMILES string of the molecule is CCNC(=NCC1(CCO)CCOC1)NCCCNc1ccc(C(F)(F)F)cn1.I. The number of rotatable bonds is 10. The molecule has 1 aromatic rings. The number of ether oxygens (including phenoxy) is 1. The Bertz CT molecular complexity index is 638. The first kappa shape index (κ1) is 26.7. The van der Waals surface area contributed by atoms with Crippen molar-refractivity contribution in [3.8, 4) is 0 Å². The summed E-state index contributed by atoms with van der Waals surface area (Å²) in [5, 5.41) is 18.7. The fourth-order valence-corrected chi connectivity index (χ4v) is 3.05. The van der Waals surface area contributed by atoms with Gasteiger partial charge in [0.2, 0.25) is 0 Å². The summed E-state index contributed by atoms with van der Waals surface area (Å²) in [4.78, 5) is 8.42. The molecule has 30 heavy (non-hydrogen) atoms. The Kier molecular flexibility index (Phi) is 11.7. The molecule has 7 nitrogen and oxygen atoms in total. The first-order valence-corrected chi connectivity index (χ1v) is 9.86. The first-order chi connectivity index (χ1) is 13.9. The highest BCUT2D eigenvalue weighted by Crippen LogP contribution is 2.32. The molecular weight excluding hydrogens is 514 g/mol. The minimum absolute atomic E-state index is 0. The lowest BCUT2D eigenvalue weighted by Gasteiger charge is -2.24. The molecule has 172 valence electrons. The van der Waals surface area contributed by atoms with Crippen LogP contribution in [-0.4, -0.2) is 62.0 Å². The molecule has 1 saturated heterocycles. The van der Waals surface area contributed by atoms with Crippen LogP contribution in [0.5, 0.6) is 0 Å². The van der Waals surface area contributed by atoms with E-state index in [1.54, 1.807) is 0 Å². The fraction of sp³-hybridized carbons (Fsp3) is 0.684. The Balaban J connectivity index is 0.00000450. The van der Waals surface area contributed by atoms with Crippen LogP contribution in [0.3, 0.4) is 0 Å². The van der Waals surface area contributed by atoms with Crippen LogP contribution in [0.25, 0.3) is 0 Å². The molecule has 0 bridgehead atoms. The van der Waals surface area contributed by atoms with Gasteiger partial charge in [0.15, 0.2) is 5.96 Å². The van der Waals surface area contributed by atoms with E-state index in [4.69, 9.17) is 4.74 Å². The molecule has 1 aliphatic heterocycles. The molecule has 0 amide bonds. The third-order valence-corrected chi connectivity index (χ3v) is 4.79. The number of hydrogen-bond acceptors (Lipinski definition) is 5. The van der Waals surface area contributed by atoms with Gasteiger partial charge in [-0.25, -0.2) is 4.98 Å². The standard InChI is InChI=1S/C19H30F3N5O2.HI/c1-2-23-17(27-13-18(6-10-28)7-11-29-14-18)25-9-3-8-24-16-5-4-15(12-26-16)19(20,21)22;/h4-5,12,28H,2-3,6-11,13-14H2,1H3,(H,24,26)(H2,23,25,27);1H. The average molecular weight is 545 g/mol. The summed E-state index contributed by atoms with van der Waals surface area (Å²) in [6, 6.07) is 2.34. The van der Waals surface area contributed by atoms with E-state index in [1.165, 1.54) is 6.07 Å². The number of nitrogens with zero attached hydrogens (tertiary/aromatic N) is 2. The number of halogens is 4. The van der Waals surface area contributed by atoms with Crippen molar-refractivity contribution in [2.45, 2.75) is 32.4 Å². The van der Waals surface area contributed by atoms with Crippen LogP contribution >= 0.6 is 24.0 Å². The lowest BCUT2D eigenvalue weighted by molar-refractivity contribution is -0.137. The number of guanidine groups is 1. The van der Waals surface area contributed by atoms with Crippen LogP contribution in [0.2, 0.25) is 0 Å². The Morgan fingerprint density at radius 2 is 2.10 bits per heavy atom. The Morgan fingerprint density at radius 3 is 2.67 bits per heavy atom. The zero-order valence-corrected chi connectivity index (χ0v) is 19.4. The summed E-state index contributed by atoms with van der Waals surface area (Å²) in [6.45, 7) is 5.92. The molecule has 0 aromatic carbocycles. The number of aliphatic hydroxyl groups excluding tert-OH is 1. The first-order valence-electron chi connectivity index (χ1n) is 9.86. The number of nitrogens with one attached hydrogen (secondary N) is 3. The number of aromatic nitrogens is 1. The molecule has 1 fully saturated rings. The lowest BCUT2D eigenvalue weighted by Crippen LogP contribution is -2.39. The number of aliphatic hydroxyl groups is 1. The number of alkyl halides is 3. The predicted molar refractivity (Wildman–Crippen MR) is 121 cm³/mol. The van der Waals surface area contributed by atoms with Gasteiger partial charge in [-0.2, -0.15) is 13.2 Å². The van der Waals surface area contributed by atoms with Gasteiger partial charge in [0.1, 0.15) is 5.82 Å². The topological polar surface area (TPSA) is 90.8 Å². The third kappa shape index (κ3) is 8.80. The molecule has 4 N–H and O–H groups in total. The lowest BCUT2D eigenvalue weighted by atomic mass is 9.84. The summed E-state index contributed by atoms with van der Waals surface area (Å²) >= 11 is 0. The van der Waals surface area contributed by atoms with Crippen molar-refractivity contribution in [2.75, 3.05) is 51.3 Å². The highest BCUT2D eigenvalue weighted by molar-refractivity contribution is 14.0. The van der Waals surface area contributed by atoms with E-state index in [1.807, 2.05) is 6.92 Å². The Hall–Kier alpha value is -1.34. The van der Waals surface area contributed by atoms with Crippen LogP contribution in [0.15, 0.2) is 23.3 Å². The van der Waals surface area contributed by atoms with Gasteiger partial charge in [-0.05, 0) is 38.3 Å². The zero-order valence-electron chi connectivity index (χ0n) is 17.1. The van der Waals surface area contributed by atoms with E-state index in [-0.39, 0.29) is 36.0 Å². The normalized spacial score (nSPS) is 19.3. The maximum absolute atomic E-state index is 12.5. The summed E-state index contributed by atoms with van der Waals surface area (Å²) in [6.07, 6.45) is -1.26. The van der Waals surface area contributed by atoms with E-state index in [0.29, 0.717) is 51.0 Å². The number of anilines is 1. The van der Waals surface area contributed by atoms with E-state index in [2.05, 4.69) is 25.9 Å². The van der Waals surface area contributed by atoms with Gasteiger partial charge in [0.05, 0.1) is 18.7 Å². The maximum atomic E-state index is 12.5. The summed E-state index contributed by atoms with van der Waals surface area (Å²) in [5.41, 5.74) is -0.866. The second-order valence-electron chi connectivity index (χ2n) is 7.11. The molecule has 1 atom stereocenters. The molecule has 1 aromatic heterocycles. The second kappa shape index (κ2) is 13.2. The largest absolute Gasteiger partial charge is 0.417 e. The van der Waals surface area contributed by atoms with E-state index >= 15 is 0 Å². The van der Waals surface area contributed by atoms with Crippen LogP contribution in [0.4, 0.5) is 19.0 Å². The van der Waals surface area contributed by atoms with Gasteiger partial charge in [-0.3, -0.25) is 4.99 Å². The minimum atomic E-state index is -4.38. The van der Waals surface area contributed by atoms with Crippen LogP contribution < -0.4 is 16.0 Å². The van der Waals surface area contributed by atoms with Crippen molar-refractivity contribution in [2.24, 2.45) is 10.4 Å². The van der Waals surface area contributed by atoms with Crippen molar-refractivity contribution in [3.63, 3.8) is 0 Å². The molecule has 2 rings (SSSR count). The van der Waals surface area contributed by atoms with E-state index < -0.39 is 11.7 Å². The van der Waals surface area contributed by atoms with E-state index in [0.717, 1.165) is 31.6 Å². The molecule has 0 radical (unpaired) electrons. The molecule has 0 spiro atoms. The Labute approximate surface area is 192 Å². The van der Waals surface area contributed by atoms with Crippen LogP contribution in [-0.2, 0) is 10.9 Å². The predicted octanol–water partition coefficient (Wildman–Crippen LogP) is 2.86. The smallest absolute Gasteiger partial charge is 0.396 e. The van der Waals surface area contributed by atoms with Gasteiger partial charge in [0, 0.05) is 44.5 Å². The van der Waals surface area contributed by atoms with Crippen LogP contribution in [0.1, 0.15) is 31.7 Å². The summed E-state index contributed by atoms with van der Waals surface area (Å²) in [5.74, 6) is 1.11. The van der Waals surface area contributed by atoms with Gasteiger partial charge in [0.25, 0.3) is 0 Å². The molecule has 11 heteroatoms. The van der Waals surface area contributed by atoms with Crippen molar-refractivity contribution < 1.29 is 23.0 Å². The number of aliphatic imine (C=N–C) groups is 1. The molecule has 1 unspecified atom stereocenters. The van der Waals surface area contributed by atoms with Gasteiger partial charge in [-0.15, -0.1) is 24.0 Å². The van der Waals surface area contributed by atoms with Crippen LogP contribution in [0, 0.1) is 5.41 Å². The third-order valence-electron chi connectivity index (χ3n) is 4.79. The monoisotopic (exact) mass is 545 g/mol. The van der Waals surface area contributed by atoms with Gasteiger partial charge < -0.3 is 25.8 Å². The van der Waals surface area contributed by atoms with Crippen molar-refractivity contribution in [1.29, 1.82) is 0 Å². The molecule has 1 aliphatic rings. The number of hydrogen-bond donors (Lipinski definition) is 4. The van der Waals surface area contributed by atoms with Gasteiger partial charge in [-0.1, -0.05) is 0 Å². The van der Waals surface area contributed by atoms with Crippen molar-refractivity contribution in [1.82, 2.24) is 15.6 Å². The van der Waals surface area contributed by atoms with Crippen molar-refractivity contribution in [3.05, 3.63) is 23.9 Å². The molecule has 2 heterocycles. The summed E-state index contributed by atoms with van der Waals surface area (Å²) < 4.78 is 43.1. The average Bonchev–Trinajstić information content (AvgIpc) is 3.14. The Morgan fingerprint density at radius 1 is 1.30 bits per heavy atom. The highest BCUT2D eigenvalue weighted by atomic mass is 127. The molecular formula is C19H31F3IN5O2. The number of pyridine rings is 1. The molecule has 0 saturated carbocycles. The fourth-order valence-electron chi connectivity index (χ4n) is 3.05. The van der Waals surface area contributed by atoms with Gasteiger partial charge >= 0.3 is 6.18 Å². The highest BCUT2D eigenvalue weighted by Gasteiger charge is 2.34. The van der Waals surface area contributed by atoms with Crippen molar-refractivity contribution >= 4 is 35.8 Å². The quantitative estimate of drug-likeness (QED) is 0.157.